The minimum absolute atomic E-state index is 0. The van der Waals surface area contributed by atoms with E-state index in [0.717, 1.165) is 18.5 Å². The number of hydrogen-bond acceptors (Lipinski definition) is 1. The van der Waals surface area contributed by atoms with Crippen LogP contribution in [0, 0.1) is 20.8 Å². The van der Waals surface area contributed by atoms with Gasteiger partial charge in [-0.1, -0.05) is 31.5 Å². The third-order valence-electron chi connectivity index (χ3n) is 4.27. The standard InChI is InChI=1S/C19H28N2.Pd/c1-8-16-10-13(5)11-17(9-2)19(16)18-14(6)20-21(12(3)4)15(18)7;/h10-12H,8-9H2,1-7H3;. The largest absolute Gasteiger partial charge is 0.266 e. The zero-order chi connectivity index (χ0) is 15.7. The van der Waals surface area contributed by atoms with Crippen LogP contribution in [0.5, 0.6) is 0 Å². The van der Waals surface area contributed by atoms with E-state index in [1.54, 1.807) is 0 Å². The van der Waals surface area contributed by atoms with Crippen LogP contribution in [0.3, 0.4) is 0 Å². The first-order chi connectivity index (χ1) is 9.90. The summed E-state index contributed by atoms with van der Waals surface area (Å²) in [5.74, 6) is 0. The molecule has 0 saturated heterocycles. The number of nitrogens with zero attached hydrogens (tertiary/aromatic N) is 2. The maximum absolute atomic E-state index is 4.78. The van der Waals surface area contributed by atoms with Crippen LogP contribution in [0.15, 0.2) is 12.1 Å². The molecule has 2 aromatic rings. The zero-order valence-corrected chi connectivity index (χ0v) is 16.4. The molecule has 1 aromatic carbocycles. The Balaban J connectivity index is 0.00000242. The summed E-state index contributed by atoms with van der Waals surface area (Å²) in [7, 11) is 0. The predicted octanol–water partition coefficient (Wildman–Crippen LogP) is 5.18. The summed E-state index contributed by atoms with van der Waals surface area (Å²) in [6.45, 7) is 15.4. The van der Waals surface area contributed by atoms with Crippen LogP contribution < -0.4 is 0 Å². The van der Waals surface area contributed by atoms with Crippen LogP contribution in [0.4, 0.5) is 0 Å². The SMILES string of the molecule is CCc1cc(C)cc(CC)c1-c1c(C)nn(C(C)C)c1C.[Pd]. The molecule has 2 nitrogen and oxygen atoms in total. The number of aromatic nitrogens is 2. The fourth-order valence-electron chi connectivity index (χ4n) is 3.35. The number of hydrogen-bond donors (Lipinski definition) is 0. The normalized spacial score (nSPS) is 10.9. The Labute approximate surface area is 149 Å². The molecule has 0 fully saturated rings. The van der Waals surface area contributed by atoms with E-state index in [4.69, 9.17) is 5.10 Å². The Morgan fingerprint density at radius 1 is 0.955 bits per heavy atom. The van der Waals surface area contributed by atoms with Gasteiger partial charge in [-0.2, -0.15) is 5.10 Å². The van der Waals surface area contributed by atoms with Crippen LogP contribution in [-0.2, 0) is 33.3 Å². The quantitative estimate of drug-likeness (QED) is 0.658. The van der Waals surface area contributed by atoms with Gasteiger partial charge in [0, 0.05) is 37.7 Å². The van der Waals surface area contributed by atoms with Crippen molar-refractivity contribution >= 4 is 0 Å². The van der Waals surface area contributed by atoms with Crippen LogP contribution in [0.2, 0.25) is 0 Å². The maximum Gasteiger partial charge on any atom is 0.0675 e. The van der Waals surface area contributed by atoms with Crippen molar-refractivity contribution in [2.75, 3.05) is 0 Å². The van der Waals surface area contributed by atoms with E-state index in [2.05, 4.69) is 65.3 Å². The molecule has 0 aliphatic heterocycles. The summed E-state index contributed by atoms with van der Waals surface area (Å²) < 4.78 is 2.16. The molecule has 0 radical (unpaired) electrons. The fourth-order valence-corrected chi connectivity index (χ4v) is 3.35. The van der Waals surface area contributed by atoms with E-state index in [1.807, 2.05) is 0 Å². The summed E-state index contributed by atoms with van der Waals surface area (Å²) in [5.41, 5.74) is 9.46. The van der Waals surface area contributed by atoms with Gasteiger partial charge >= 0.3 is 0 Å². The molecule has 0 N–H and O–H groups in total. The molecule has 2 rings (SSSR count). The Morgan fingerprint density at radius 2 is 1.45 bits per heavy atom. The molecule has 0 aliphatic carbocycles. The molecule has 3 heteroatoms. The van der Waals surface area contributed by atoms with Gasteiger partial charge in [0.05, 0.1) is 5.69 Å². The van der Waals surface area contributed by atoms with Gasteiger partial charge in [-0.05, 0) is 64.2 Å². The molecule has 0 atom stereocenters. The average Bonchev–Trinajstić information content (AvgIpc) is 2.73. The Hall–Kier alpha value is -0.908. The number of aryl methyl sites for hydroxylation is 4. The molecule has 1 aromatic heterocycles. The molecular formula is C19H28N2Pd. The van der Waals surface area contributed by atoms with E-state index in [9.17, 15) is 0 Å². The molecule has 0 aliphatic rings. The van der Waals surface area contributed by atoms with Gasteiger partial charge in [0.15, 0.2) is 0 Å². The summed E-state index contributed by atoms with van der Waals surface area (Å²) in [4.78, 5) is 0. The minimum atomic E-state index is 0. The van der Waals surface area contributed by atoms with Crippen LogP contribution in [0.25, 0.3) is 11.1 Å². The van der Waals surface area contributed by atoms with E-state index < -0.39 is 0 Å². The third-order valence-corrected chi connectivity index (χ3v) is 4.27. The van der Waals surface area contributed by atoms with Crippen molar-refractivity contribution in [1.29, 1.82) is 0 Å². The Morgan fingerprint density at radius 3 is 1.82 bits per heavy atom. The van der Waals surface area contributed by atoms with Crippen molar-refractivity contribution in [2.24, 2.45) is 0 Å². The van der Waals surface area contributed by atoms with E-state index in [1.165, 1.54) is 33.5 Å². The van der Waals surface area contributed by atoms with Crippen molar-refractivity contribution in [1.82, 2.24) is 9.78 Å². The van der Waals surface area contributed by atoms with Gasteiger partial charge < -0.3 is 0 Å². The second kappa shape index (κ2) is 7.58. The van der Waals surface area contributed by atoms with Gasteiger partial charge in [0.25, 0.3) is 0 Å². The summed E-state index contributed by atoms with van der Waals surface area (Å²) in [6, 6.07) is 5.07. The van der Waals surface area contributed by atoms with Crippen molar-refractivity contribution in [3.63, 3.8) is 0 Å². The first-order valence-electron chi connectivity index (χ1n) is 8.09. The van der Waals surface area contributed by atoms with Crippen molar-refractivity contribution < 1.29 is 20.4 Å². The van der Waals surface area contributed by atoms with Gasteiger partial charge in [0.2, 0.25) is 0 Å². The predicted molar refractivity (Wildman–Crippen MR) is 91.0 cm³/mol. The molecule has 0 amide bonds. The van der Waals surface area contributed by atoms with Gasteiger partial charge in [-0.3, -0.25) is 4.68 Å². The molecular weight excluding hydrogens is 363 g/mol. The molecule has 22 heavy (non-hydrogen) atoms. The fraction of sp³-hybridized carbons (Fsp3) is 0.526. The van der Waals surface area contributed by atoms with E-state index in [0.29, 0.717) is 6.04 Å². The first kappa shape index (κ1) is 19.1. The van der Waals surface area contributed by atoms with E-state index in [-0.39, 0.29) is 20.4 Å². The summed E-state index contributed by atoms with van der Waals surface area (Å²) in [5, 5.41) is 4.78. The number of rotatable bonds is 4. The molecule has 0 bridgehead atoms. The van der Waals surface area contributed by atoms with E-state index >= 15 is 0 Å². The minimum Gasteiger partial charge on any atom is -0.266 e. The van der Waals surface area contributed by atoms with Crippen LogP contribution >= 0.6 is 0 Å². The van der Waals surface area contributed by atoms with Gasteiger partial charge in [-0.25, -0.2) is 0 Å². The first-order valence-corrected chi connectivity index (χ1v) is 8.09. The van der Waals surface area contributed by atoms with Crippen molar-refractivity contribution in [3.05, 3.63) is 40.2 Å². The Bertz CT molecular complexity index is 629. The molecule has 0 saturated carbocycles. The monoisotopic (exact) mass is 390 g/mol. The third kappa shape index (κ3) is 3.37. The second-order valence-electron chi connectivity index (χ2n) is 6.25. The van der Waals surface area contributed by atoms with Crippen molar-refractivity contribution in [2.45, 2.75) is 67.3 Å². The smallest absolute Gasteiger partial charge is 0.0675 e. The Kier molecular flexibility index (Phi) is 6.59. The molecule has 0 spiro atoms. The van der Waals surface area contributed by atoms with Crippen LogP contribution in [0.1, 0.15) is 61.8 Å². The average molecular weight is 391 g/mol. The molecule has 1 heterocycles. The summed E-state index contributed by atoms with van der Waals surface area (Å²) >= 11 is 0. The molecule has 124 valence electrons. The molecule has 0 unspecified atom stereocenters. The van der Waals surface area contributed by atoms with Crippen molar-refractivity contribution in [3.8, 4) is 11.1 Å². The maximum atomic E-state index is 4.78. The van der Waals surface area contributed by atoms with Crippen LogP contribution in [-0.4, -0.2) is 9.78 Å². The zero-order valence-electron chi connectivity index (χ0n) is 14.9. The van der Waals surface area contributed by atoms with Gasteiger partial charge in [0.1, 0.15) is 0 Å². The second-order valence-corrected chi connectivity index (χ2v) is 6.25. The van der Waals surface area contributed by atoms with Gasteiger partial charge in [-0.15, -0.1) is 0 Å². The summed E-state index contributed by atoms with van der Waals surface area (Å²) in [6.07, 6.45) is 2.13. The number of benzene rings is 1. The topological polar surface area (TPSA) is 17.8 Å².